The summed E-state index contributed by atoms with van der Waals surface area (Å²) in [5.41, 5.74) is -1.67. The van der Waals surface area contributed by atoms with Crippen molar-refractivity contribution in [1.82, 2.24) is 0 Å². The van der Waals surface area contributed by atoms with E-state index in [9.17, 15) is 28.1 Å². The quantitative estimate of drug-likeness (QED) is 0.347. The number of halogens is 4. The highest BCUT2D eigenvalue weighted by molar-refractivity contribution is 6.34. The molecule has 0 aliphatic carbocycles. The van der Waals surface area contributed by atoms with E-state index in [0.29, 0.717) is 0 Å². The second kappa shape index (κ2) is 7.88. The van der Waals surface area contributed by atoms with E-state index in [1.807, 2.05) is 0 Å². The topological polar surface area (TPSA) is 96.0 Å². The molecule has 2 rings (SSSR count). The van der Waals surface area contributed by atoms with Gasteiger partial charge < -0.3 is 5.32 Å². The van der Waals surface area contributed by atoms with E-state index in [0.717, 1.165) is 36.4 Å². The Morgan fingerprint density at radius 3 is 2.52 bits per heavy atom. The van der Waals surface area contributed by atoms with E-state index in [1.165, 1.54) is 12.1 Å². The van der Waals surface area contributed by atoms with Gasteiger partial charge in [0, 0.05) is 12.1 Å². The molecule has 0 fully saturated rings. The maximum atomic E-state index is 12.7. The van der Waals surface area contributed by atoms with Gasteiger partial charge in [0.05, 0.1) is 21.2 Å². The zero-order chi connectivity index (χ0) is 20.2. The molecule has 0 saturated carbocycles. The molecule has 0 unspecified atom stereocenters. The van der Waals surface area contributed by atoms with Crippen molar-refractivity contribution in [3.8, 4) is 6.07 Å². The maximum Gasteiger partial charge on any atom is 0.416 e. The third-order valence-electron chi connectivity index (χ3n) is 3.30. The normalized spacial score (nSPS) is 11.6. The number of anilines is 1. The third-order valence-corrected chi connectivity index (χ3v) is 3.61. The summed E-state index contributed by atoms with van der Waals surface area (Å²) < 4.78 is 38.2. The van der Waals surface area contributed by atoms with Crippen LogP contribution in [-0.4, -0.2) is 10.8 Å². The minimum absolute atomic E-state index is 0.00585. The molecule has 0 radical (unpaired) electrons. The molecule has 27 heavy (non-hydrogen) atoms. The number of non-ortho nitro benzene ring substituents is 1. The minimum Gasteiger partial charge on any atom is -0.320 e. The first-order valence-electron chi connectivity index (χ1n) is 7.16. The number of nitro benzene ring substituents is 1. The van der Waals surface area contributed by atoms with E-state index in [4.69, 9.17) is 16.9 Å². The van der Waals surface area contributed by atoms with Crippen LogP contribution in [-0.2, 0) is 11.0 Å². The van der Waals surface area contributed by atoms with Crippen molar-refractivity contribution in [1.29, 1.82) is 5.26 Å². The Morgan fingerprint density at radius 1 is 1.26 bits per heavy atom. The Hall–Kier alpha value is -3.38. The predicted molar refractivity (Wildman–Crippen MR) is 91.8 cm³/mol. The largest absolute Gasteiger partial charge is 0.416 e. The molecule has 1 amide bonds. The first-order chi connectivity index (χ1) is 12.6. The van der Waals surface area contributed by atoms with Gasteiger partial charge in [0.15, 0.2) is 0 Å². The molecule has 0 aliphatic rings. The van der Waals surface area contributed by atoms with E-state index < -0.39 is 28.1 Å². The highest BCUT2D eigenvalue weighted by atomic mass is 35.5. The van der Waals surface area contributed by atoms with Crippen molar-refractivity contribution in [3.63, 3.8) is 0 Å². The van der Waals surface area contributed by atoms with Crippen LogP contribution in [0.5, 0.6) is 0 Å². The molecule has 2 aromatic carbocycles. The number of nitrogens with one attached hydrogen (secondary N) is 1. The number of hydrogen-bond acceptors (Lipinski definition) is 4. The van der Waals surface area contributed by atoms with Crippen molar-refractivity contribution in [2.24, 2.45) is 0 Å². The van der Waals surface area contributed by atoms with Crippen LogP contribution in [0.1, 0.15) is 11.1 Å². The average Bonchev–Trinajstić information content (AvgIpc) is 2.60. The van der Waals surface area contributed by atoms with Gasteiger partial charge >= 0.3 is 6.18 Å². The summed E-state index contributed by atoms with van der Waals surface area (Å²) in [6, 6.07) is 9.00. The van der Waals surface area contributed by atoms with E-state index in [1.54, 1.807) is 6.07 Å². The number of carbonyl (C=O) groups excluding carboxylic acids is 1. The number of amides is 1. The number of nitriles is 1. The summed E-state index contributed by atoms with van der Waals surface area (Å²) in [7, 11) is 0. The van der Waals surface area contributed by atoms with Crippen LogP contribution in [0.2, 0.25) is 5.02 Å². The number of alkyl halides is 3. The van der Waals surface area contributed by atoms with Gasteiger partial charge in [-0.25, -0.2) is 0 Å². The van der Waals surface area contributed by atoms with Gasteiger partial charge in [0.2, 0.25) is 0 Å². The molecule has 0 spiro atoms. The first kappa shape index (κ1) is 19.9. The summed E-state index contributed by atoms with van der Waals surface area (Å²) in [5, 5.41) is 22.0. The Bertz CT molecular complexity index is 981. The molecule has 6 nitrogen and oxygen atoms in total. The Morgan fingerprint density at radius 2 is 1.96 bits per heavy atom. The smallest absolute Gasteiger partial charge is 0.320 e. The minimum atomic E-state index is -4.56. The summed E-state index contributed by atoms with van der Waals surface area (Å²) in [6.07, 6.45) is -3.57. The molecule has 1 N–H and O–H groups in total. The summed E-state index contributed by atoms with van der Waals surface area (Å²) in [6.45, 7) is 0. The predicted octanol–water partition coefficient (Wildman–Crippen LogP) is 4.81. The SMILES string of the molecule is N#CC(=Cc1cccc(C(F)(F)F)c1)C(=O)Nc1ccc([N+](=O)[O-])cc1Cl. The number of benzene rings is 2. The van der Waals surface area contributed by atoms with Crippen LogP contribution in [0.25, 0.3) is 6.08 Å². The number of nitrogens with zero attached hydrogens (tertiary/aromatic N) is 2. The molecule has 0 saturated heterocycles. The second-order valence-corrected chi connectivity index (χ2v) is 5.58. The molecule has 138 valence electrons. The van der Waals surface area contributed by atoms with Crippen LogP contribution in [0.4, 0.5) is 24.5 Å². The van der Waals surface area contributed by atoms with Gasteiger partial charge in [-0.1, -0.05) is 23.7 Å². The van der Waals surface area contributed by atoms with Crippen LogP contribution in [0, 0.1) is 21.4 Å². The van der Waals surface area contributed by atoms with Gasteiger partial charge in [0.25, 0.3) is 11.6 Å². The fourth-order valence-corrected chi connectivity index (χ4v) is 2.25. The van der Waals surface area contributed by atoms with Gasteiger partial charge in [0.1, 0.15) is 11.6 Å². The zero-order valence-electron chi connectivity index (χ0n) is 13.2. The van der Waals surface area contributed by atoms with Crippen molar-refractivity contribution in [2.75, 3.05) is 5.32 Å². The molecule has 0 heterocycles. The maximum absolute atomic E-state index is 12.7. The van der Waals surface area contributed by atoms with E-state index >= 15 is 0 Å². The number of carbonyl (C=O) groups is 1. The molecule has 0 bridgehead atoms. The lowest BCUT2D eigenvalue weighted by molar-refractivity contribution is -0.384. The summed E-state index contributed by atoms with van der Waals surface area (Å²) in [5.74, 6) is -0.925. The third kappa shape index (κ3) is 5.05. The first-order valence-corrected chi connectivity index (χ1v) is 7.54. The van der Waals surface area contributed by atoms with Crippen LogP contribution in [0.3, 0.4) is 0 Å². The van der Waals surface area contributed by atoms with Crippen LogP contribution < -0.4 is 5.32 Å². The fraction of sp³-hybridized carbons (Fsp3) is 0.0588. The number of nitro groups is 1. The van der Waals surface area contributed by atoms with Gasteiger partial charge in [-0.05, 0) is 29.8 Å². The lowest BCUT2D eigenvalue weighted by Gasteiger charge is -2.08. The lowest BCUT2D eigenvalue weighted by Crippen LogP contribution is -2.14. The van der Waals surface area contributed by atoms with Gasteiger partial charge in [-0.3, -0.25) is 14.9 Å². The Balaban J connectivity index is 2.28. The van der Waals surface area contributed by atoms with Gasteiger partial charge in [-0.2, -0.15) is 18.4 Å². The van der Waals surface area contributed by atoms with Crippen molar-refractivity contribution in [3.05, 3.63) is 74.3 Å². The molecule has 10 heteroatoms. The Labute approximate surface area is 155 Å². The highest BCUT2D eigenvalue weighted by Crippen LogP contribution is 2.30. The van der Waals surface area contributed by atoms with Crippen LogP contribution in [0.15, 0.2) is 48.0 Å². The molecular formula is C17H9ClF3N3O3. The highest BCUT2D eigenvalue weighted by Gasteiger charge is 2.30. The molecule has 0 aliphatic heterocycles. The molecule has 2 aromatic rings. The molecule has 0 aromatic heterocycles. The molecule has 0 atom stereocenters. The average molecular weight is 396 g/mol. The number of hydrogen-bond donors (Lipinski definition) is 1. The second-order valence-electron chi connectivity index (χ2n) is 5.17. The monoisotopic (exact) mass is 395 g/mol. The van der Waals surface area contributed by atoms with E-state index in [2.05, 4.69) is 5.32 Å². The summed E-state index contributed by atoms with van der Waals surface area (Å²) >= 11 is 5.85. The van der Waals surface area contributed by atoms with Crippen molar-refractivity contribution in [2.45, 2.75) is 6.18 Å². The Kier molecular flexibility index (Phi) is 5.82. The standard InChI is InChI=1S/C17H9ClF3N3O3/c18-14-8-13(24(26)27)4-5-15(14)23-16(25)11(9-22)6-10-2-1-3-12(7-10)17(19,20)21/h1-8H,(H,23,25). The fourth-order valence-electron chi connectivity index (χ4n) is 2.03. The van der Waals surface area contributed by atoms with E-state index in [-0.39, 0.29) is 22.0 Å². The van der Waals surface area contributed by atoms with Gasteiger partial charge in [-0.15, -0.1) is 0 Å². The zero-order valence-corrected chi connectivity index (χ0v) is 14.0. The van der Waals surface area contributed by atoms with Crippen molar-refractivity contribution >= 4 is 35.0 Å². The summed E-state index contributed by atoms with van der Waals surface area (Å²) in [4.78, 5) is 22.2. The van der Waals surface area contributed by atoms with Crippen LogP contribution >= 0.6 is 11.6 Å². The number of rotatable bonds is 4. The van der Waals surface area contributed by atoms with Crippen molar-refractivity contribution < 1.29 is 22.9 Å². The lowest BCUT2D eigenvalue weighted by atomic mass is 10.1. The molecular weight excluding hydrogens is 387 g/mol.